The molecule has 0 atom stereocenters. The fraction of sp³-hybridized carbons (Fsp3) is 0.250. The van der Waals surface area contributed by atoms with Gasteiger partial charge >= 0.3 is 0 Å². The first-order valence-corrected chi connectivity index (χ1v) is 1.79. The molecule has 32 valence electrons. The van der Waals surface area contributed by atoms with Crippen LogP contribution in [0.25, 0.3) is 0 Å². The number of hydrogen-bond donors (Lipinski definition) is 1. The van der Waals surface area contributed by atoms with Crippen molar-refractivity contribution in [2.45, 2.75) is 6.42 Å². The number of primary amides is 1. The van der Waals surface area contributed by atoms with Crippen LogP contribution in [0.4, 0.5) is 0 Å². The Kier molecular flexibility index (Phi) is 0.473. The van der Waals surface area contributed by atoms with Crippen molar-refractivity contribution >= 4 is 5.91 Å². The first kappa shape index (κ1) is 3.40. The molecule has 0 saturated heterocycles. The third-order valence-corrected chi connectivity index (χ3v) is 0.725. The molecule has 2 heteroatoms. The van der Waals surface area contributed by atoms with E-state index in [0.29, 0.717) is 0 Å². The molecule has 2 N–H and O–H groups in total. The maximum absolute atomic E-state index is 9.92. The van der Waals surface area contributed by atoms with E-state index in [9.17, 15) is 4.79 Å². The first-order valence-electron chi connectivity index (χ1n) is 1.79. The highest BCUT2D eigenvalue weighted by Gasteiger charge is 2.11. The summed E-state index contributed by atoms with van der Waals surface area (Å²) in [5.41, 5.74) is 5.56. The van der Waals surface area contributed by atoms with Gasteiger partial charge in [0, 0.05) is 5.57 Å². The molecule has 0 aromatic rings. The second-order valence-electron chi connectivity index (χ2n) is 1.30. The van der Waals surface area contributed by atoms with Crippen molar-refractivity contribution in [2.24, 2.45) is 5.73 Å². The molecule has 1 amide bonds. The van der Waals surface area contributed by atoms with Gasteiger partial charge in [0.2, 0.25) is 5.91 Å². The van der Waals surface area contributed by atoms with Gasteiger partial charge in [-0.3, -0.25) is 4.79 Å². The van der Waals surface area contributed by atoms with Crippen LogP contribution in [0.3, 0.4) is 0 Å². The fourth-order valence-corrected chi connectivity index (χ4v) is 0.252. The molecule has 1 rings (SSSR count). The number of amides is 1. The number of rotatable bonds is 1. The zero-order chi connectivity index (χ0) is 4.57. The Balaban J connectivity index is 2.52. The molecule has 0 radical (unpaired) electrons. The maximum Gasteiger partial charge on any atom is 0.244 e. The minimum Gasteiger partial charge on any atom is -0.366 e. The van der Waals surface area contributed by atoms with Gasteiger partial charge in [0.1, 0.15) is 0 Å². The molecule has 6 heavy (non-hydrogen) atoms. The van der Waals surface area contributed by atoms with Crippen molar-refractivity contribution < 1.29 is 4.79 Å². The first-order chi connectivity index (χ1) is 2.80. The zero-order valence-corrected chi connectivity index (χ0v) is 3.27. The Labute approximate surface area is 35.6 Å². The summed E-state index contributed by atoms with van der Waals surface area (Å²) in [6, 6.07) is 0. The van der Waals surface area contributed by atoms with E-state index in [4.69, 9.17) is 5.73 Å². The van der Waals surface area contributed by atoms with Gasteiger partial charge in [-0.1, -0.05) is 6.08 Å². The number of carbonyl (C=O) groups is 1. The van der Waals surface area contributed by atoms with Gasteiger partial charge in [-0.2, -0.15) is 0 Å². The Morgan fingerprint density at radius 2 is 2.50 bits per heavy atom. The summed E-state index contributed by atoms with van der Waals surface area (Å²) in [6.45, 7) is 0. The SMILES string of the molecule is NC(=O)C1=CC1. The van der Waals surface area contributed by atoms with Crippen molar-refractivity contribution in [1.29, 1.82) is 0 Å². The van der Waals surface area contributed by atoms with Crippen LogP contribution in [0.15, 0.2) is 11.6 Å². The highest BCUT2D eigenvalue weighted by atomic mass is 16.1. The lowest BCUT2D eigenvalue weighted by atomic mass is 10.5. The summed E-state index contributed by atoms with van der Waals surface area (Å²) in [7, 11) is 0. The molecule has 0 heterocycles. The average molecular weight is 83.1 g/mol. The molecular formula is C4H5NO. The van der Waals surface area contributed by atoms with Gasteiger partial charge in [-0.05, 0) is 6.42 Å². The minimum atomic E-state index is -0.269. The largest absolute Gasteiger partial charge is 0.366 e. The predicted octanol–water partition coefficient (Wildman–Crippen LogP) is -0.198. The second kappa shape index (κ2) is 0.834. The lowest BCUT2D eigenvalue weighted by molar-refractivity contribution is -0.114. The molecule has 0 spiro atoms. The monoisotopic (exact) mass is 83.0 g/mol. The summed E-state index contributed by atoms with van der Waals surface area (Å²) in [6.07, 6.45) is 2.62. The number of hydrogen-bond acceptors (Lipinski definition) is 1. The number of carbonyl (C=O) groups excluding carboxylic acids is 1. The standard InChI is InChI=1S/C4H5NO/c5-4(6)3-1-2-3/h1H,2H2,(H2,5,6). The Hall–Kier alpha value is -0.790. The van der Waals surface area contributed by atoms with E-state index in [-0.39, 0.29) is 5.91 Å². The van der Waals surface area contributed by atoms with E-state index < -0.39 is 0 Å². The molecule has 0 saturated carbocycles. The zero-order valence-electron chi connectivity index (χ0n) is 3.27. The number of nitrogens with two attached hydrogens (primary N) is 1. The molecule has 2 nitrogen and oxygen atoms in total. The molecule has 0 unspecified atom stereocenters. The second-order valence-corrected chi connectivity index (χ2v) is 1.30. The molecule has 0 aromatic carbocycles. The van der Waals surface area contributed by atoms with Gasteiger partial charge in [0.15, 0.2) is 0 Å². The van der Waals surface area contributed by atoms with Gasteiger partial charge < -0.3 is 5.73 Å². The molecule has 0 fully saturated rings. The van der Waals surface area contributed by atoms with Crippen LogP contribution >= 0.6 is 0 Å². The van der Waals surface area contributed by atoms with Crippen LogP contribution in [0.5, 0.6) is 0 Å². The Morgan fingerprint density at radius 1 is 2.00 bits per heavy atom. The van der Waals surface area contributed by atoms with E-state index in [1.54, 1.807) is 0 Å². The third kappa shape index (κ3) is 0.407. The van der Waals surface area contributed by atoms with Crippen molar-refractivity contribution in [3.63, 3.8) is 0 Å². The van der Waals surface area contributed by atoms with E-state index in [2.05, 4.69) is 0 Å². The van der Waals surface area contributed by atoms with Crippen LogP contribution in [-0.2, 0) is 4.79 Å². The molecule has 0 aromatic heterocycles. The topological polar surface area (TPSA) is 43.1 Å². The van der Waals surface area contributed by atoms with Gasteiger partial charge in [0.05, 0.1) is 0 Å². The Morgan fingerprint density at radius 3 is 2.50 bits per heavy atom. The lowest BCUT2D eigenvalue weighted by Crippen LogP contribution is -2.07. The van der Waals surface area contributed by atoms with Crippen molar-refractivity contribution in [3.8, 4) is 0 Å². The van der Waals surface area contributed by atoms with Crippen LogP contribution in [0.1, 0.15) is 6.42 Å². The summed E-state index contributed by atoms with van der Waals surface area (Å²) in [4.78, 5) is 9.92. The normalized spacial score (nSPS) is 16.3. The van der Waals surface area contributed by atoms with Crippen LogP contribution < -0.4 is 5.73 Å². The van der Waals surface area contributed by atoms with Crippen molar-refractivity contribution in [3.05, 3.63) is 11.6 Å². The summed E-state index contributed by atoms with van der Waals surface area (Å²) in [5.74, 6) is -0.269. The summed E-state index contributed by atoms with van der Waals surface area (Å²) in [5, 5.41) is 0. The van der Waals surface area contributed by atoms with Crippen molar-refractivity contribution in [2.75, 3.05) is 0 Å². The highest BCUT2D eigenvalue weighted by Crippen LogP contribution is 2.15. The van der Waals surface area contributed by atoms with Gasteiger partial charge in [0.25, 0.3) is 0 Å². The van der Waals surface area contributed by atoms with Crippen LogP contribution in [0, 0.1) is 0 Å². The minimum absolute atomic E-state index is 0.269. The molecule has 1 aliphatic carbocycles. The lowest BCUT2D eigenvalue weighted by Gasteiger charge is -1.72. The van der Waals surface area contributed by atoms with E-state index in [0.717, 1.165) is 12.0 Å². The Bertz CT molecular complexity index is 115. The highest BCUT2D eigenvalue weighted by molar-refractivity contribution is 5.96. The number of allylic oxidation sites excluding steroid dienone is 1. The maximum atomic E-state index is 9.92. The predicted molar refractivity (Wildman–Crippen MR) is 21.9 cm³/mol. The summed E-state index contributed by atoms with van der Waals surface area (Å²) < 4.78 is 0. The smallest absolute Gasteiger partial charge is 0.244 e. The summed E-state index contributed by atoms with van der Waals surface area (Å²) >= 11 is 0. The fourth-order valence-electron chi connectivity index (χ4n) is 0.252. The van der Waals surface area contributed by atoms with Crippen molar-refractivity contribution in [1.82, 2.24) is 0 Å². The molecule has 0 bridgehead atoms. The van der Waals surface area contributed by atoms with Crippen LogP contribution in [-0.4, -0.2) is 5.91 Å². The quantitative estimate of drug-likeness (QED) is 0.468. The van der Waals surface area contributed by atoms with Gasteiger partial charge in [-0.15, -0.1) is 0 Å². The van der Waals surface area contributed by atoms with E-state index >= 15 is 0 Å². The molecular weight excluding hydrogens is 78.0 g/mol. The van der Waals surface area contributed by atoms with E-state index in [1.165, 1.54) is 0 Å². The van der Waals surface area contributed by atoms with Gasteiger partial charge in [-0.25, -0.2) is 0 Å². The van der Waals surface area contributed by atoms with Crippen LogP contribution in [0.2, 0.25) is 0 Å². The average Bonchev–Trinajstić information content (AvgIpc) is 2.06. The third-order valence-electron chi connectivity index (χ3n) is 0.725. The molecule has 1 aliphatic rings. The molecule has 0 aliphatic heterocycles. The van der Waals surface area contributed by atoms with E-state index in [1.807, 2.05) is 6.08 Å².